The fourth-order valence-corrected chi connectivity index (χ4v) is 0.642. The van der Waals surface area contributed by atoms with Crippen LogP contribution in [-0.4, -0.2) is 12.7 Å². The fourth-order valence-electron chi connectivity index (χ4n) is 0.642. The smallest absolute Gasteiger partial charge is 0.0813 e. The Kier molecular flexibility index (Phi) is 1.69. The molecular formula is C7H12O. The first-order valence-corrected chi connectivity index (χ1v) is 3.05. The van der Waals surface area contributed by atoms with Crippen molar-refractivity contribution in [2.24, 2.45) is 0 Å². The zero-order valence-corrected chi connectivity index (χ0v) is 5.31. The van der Waals surface area contributed by atoms with Crippen molar-refractivity contribution in [2.75, 3.05) is 6.61 Å². The van der Waals surface area contributed by atoms with E-state index in [4.69, 9.17) is 4.74 Å². The molecule has 0 amide bonds. The molecule has 1 fully saturated rings. The first-order chi connectivity index (χ1) is 3.79. The topological polar surface area (TPSA) is 12.5 Å². The molecule has 0 spiro atoms. The lowest BCUT2D eigenvalue weighted by Gasteiger charge is -1.91. The van der Waals surface area contributed by atoms with Gasteiger partial charge < -0.3 is 4.74 Å². The van der Waals surface area contributed by atoms with Gasteiger partial charge in [0.2, 0.25) is 0 Å². The van der Waals surface area contributed by atoms with Crippen LogP contribution >= 0.6 is 0 Å². The van der Waals surface area contributed by atoms with Gasteiger partial charge in [-0.05, 0) is 19.8 Å². The van der Waals surface area contributed by atoms with Crippen LogP contribution in [0.3, 0.4) is 0 Å². The number of ether oxygens (including phenoxy) is 1. The highest BCUT2D eigenvalue weighted by Gasteiger charge is 2.20. The Morgan fingerprint density at radius 1 is 1.88 bits per heavy atom. The highest BCUT2D eigenvalue weighted by atomic mass is 16.6. The maximum absolute atomic E-state index is 5.02. The molecule has 1 nitrogen and oxygen atoms in total. The summed E-state index contributed by atoms with van der Waals surface area (Å²) < 4.78 is 5.02. The molecule has 1 rings (SSSR count). The van der Waals surface area contributed by atoms with E-state index in [1.807, 2.05) is 0 Å². The quantitative estimate of drug-likeness (QED) is 0.400. The van der Waals surface area contributed by atoms with E-state index in [0.29, 0.717) is 6.10 Å². The molecule has 0 aromatic carbocycles. The third-order valence-electron chi connectivity index (χ3n) is 1.30. The van der Waals surface area contributed by atoms with Crippen LogP contribution in [0, 0.1) is 0 Å². The monoisotopic (exact) mass is 112 g/mol. The Bertz CT molecular complexity index is 92.6. The van der Waals surface area contributed by atoms with Crippen LogP contribution in [0.15, 0.2) is 12.2 Å². The molecule has 1 atom stereocenters. The Morgan fingerprint density at radius 2 is 2.50 bits per heavy atom. The lowest BCUT2D eigenvalue weighted by molar-refractivity contribution is 0.396. The second-order valence-electron chi connectivity index (χ2n) is 2.45. The molecule has 0 aliphatic carbocycles. The molecule has 1 heterocycles. The van der Waals surface area contributed by atoms with Crippen LogP contribution in [0.25, 0.3) is 0 Å². The van der Waals surface area contributed by atoms with Gasteiger partial charge in [-0.3, -0.25) is 0 Å². The molecule has 0 saturated carbocycles. The third-order valence-corrected chi connectivity index (χ3v) is 1.30. The highest BCUT2D eigenvalue weighted by molar-refractivity contribution is 4.89. The average molecular weight is 112 g/mol. The fraction of sp³-hybridized carbons (Fsp3) is 0.714. The molecule has 0 N–H and O–H groups in total. The molecule has 1 unspecified atom stereocenters. The minimum Gasteiger partial charge on any atom is -0.373 e. The Morgan fingerprint density at radius 3 is 2.88 bits per heavy atom. The van der Waals surface area contributed by atoms with E-state index in [1.54, 1.807) is 0 Å². The molecule has 0 aromatic heterocycles. The van der Waals surface area contributed by atoms with E-state index >= 15 is 0 Å². The summed E-state index contributed by atoms with van der Waals surface area (Å²) in [5.74, 6) is 0. The van der Waals surface area contributed by atoms with Crippen molar-refractivity contribution in [3.63, 3.8) is 0 Å². The Hall–Kier alpha value is -0.300. The van der Waals surface area contributed by atoms with Gasteiger partial charge in [0.25, 0.3) is 0 Å². The van der Waals surface area contributed by atoms with Gasteiger partial charge >= 0.3 is 0 Å². The van der Waals surface area contributed by atoms with Crippen LogP contribution in [0.2, 0.25) is 0 Å². The van der Waals surface area contributed by atoms with E-state index in [0.717, 1.165) is 13.0 Å². The zero-order valence-electron chi connectivity index (χ0n) is 5.31. The Balaban J connectivity index is 1.95. The van der Waals surface area contributed by atoms with Gasteiger partial charge in [-0.2, -0.15) is 0 Å². The van der Waals surface area contributed by atoms with Gasteiger partial charge in [-0.15, -0.1) is 6.58 Å². The van der Waals surface area contributed by atoms with Crippen LogP contribution < -0.4 is 0 Å². The highest BCUT2D eigenvalue weighted by Crippen LogP contribution is 2.17. The van der Waals surface area contributed by atoms with Crippen LogP contribution in [0.5, 0.6) is 0 Å². The molecule has 1 aliphatic heterocycles. The predicted octanol–water partition coefficient (Wildman–Crippen LogP) is 1.74. The number of allylic oxidation sites excluding steroid dienone is 1. The number of epoxide rings is 1. The van der Waals surface area contributed by atoms with Gasteiger partial charge in [0, 0.05) is 0 Å². The summed E-state index contributed by atoms with van der Waals surface area (Å²) in [7, 11) is 0. The standard InChI is InChI=1S/C7H12O/c1-6(2)3-4-7-5-8-7/h7H,1,3-5H2,2H3. The normalized spacial score (nSPS) is 25.4. The van der Waals surface area contributed by atoms with Crippen LogP contribution in [-0.2, 0) is 4.74 Å². The largest absolute Gasteiger partial charge is 0.373 e. The molecule has 1 aliphatic rings. The van der Waals surface area contributed by atoms with E-state index in [1.165, 1.54) is 12.0 Å². The molecule has 8 heavy (non-hydrogen) atoms. The van der Waals surface area contributed by atoms with Crippen molar-refractivity contribution in [2.45, 2.75) is 25.9 Å². The van der Waals surface area contributed by atoms with E-state index < -0.39 is 0 Å². The van der Waals surface area contributed by atoms with E-state index in [-0.39, 0.29) is 0 Å². The predicted molar refractivity (Wildman–Crippen MR) is 33.8 cm³/mol. The van der Waals surface area contributed by atoms with Gasteiger partial charge in [0.15, 0.2) is 0 Å². The zero-order chi connectivity index (χ0) is 5.98. The average Bonchev–Trinajstić information content (AvgIpc) is 2.41. The summed E-state index contributed by atoms with van der Waals surface area (Å²) in [6.45, 7) is 6.84. The minimum atomic E-state index is 0.576. The van der Waals surface area contributed by atoms with Crippen molar-refractivity contribution in [1.29, 1.82) is 0 Å². The maximum atomic E-state index is 5.02. The third kappa shape index (κ3) is 2.12. The summed E-state index contributed by atoms with van der Waals surface area (Å²) >= 11 is 0. The lowest BCUT2D eigenvalue weighted by Crippen LogP contribution is -1.84. The van der Waals surface area contributed by atoms with Crippen LogP contribution in [0.1, 0.15) is 19.8 Å². The molecular weight excluding hydrogens is 100 g/mol. The van der Waals surface area contributed by atoms with Crippen molar-refractivity contribution < 1.29 is 4.74 Å². The minimum absolute atomic E-state index is 0.576. The van der Waals surface area contributed by atoms with Gasteiger partial charge in [-0.25, -0.2) is 0 Å². The summed E-state index contributed by atoms with van der Waals surface area (Å²) in [6, 6.07) is 0. The maximum Gasteiger partial charge on any atom is 0.0813 e. The molecule has 0 bridgehead atoms. The first kappa shape index (κ1) is 5.83. The van der Waals surface area contributed by atoms with Gasteiger partial charge in [-0.1, -0.05) is 5.57 Å². The van der Waals surface area contributed by atoms with Gasteiger partial charge in [0.1, 0.15) is 0 Å². The van der Waals surface area contributed by atoms with Gasteiger partial charge in [0.05, 0.1) is 12.7 Å². The van der Waals surface area contributed by atoms with E-state index in [2.05, 4.69) is 13.5 Å². The number of hydrogen-bond acceptors (Lipinski definition) is 1. The first-order valence-electron chi connectivity index (χ1n) is 3.05. The summed E-state index contributed by atoms with van der Waals surface area (Å²) in [4.78, 5) is 0. The second-order valence-corrected chi connectivity index (χ2v) is 2.45. The second kappa shape index (κ2) is 2.31. The molecule has 46 valence electrons. The lowest BCUT2D eigenvalue weighted by atomic mass is 10.1. The van der Waals surface area contributed by atoms with Crippen LogP contribution in [0.4, 0.5) is 0 Å². The Labute approximate surface area is 50.3 Å². The number of hydrogen-bond donors (Lipinski definition) is 0. The van der Waals surface area contributed by atoms with E-state index in [9.17, 15) is 0 Å². The molecule has 1 heteroatoms. The van der Waals surface area contributed by atoms with Crippen molar-refractivity contribution >= 4 is 0 Å². The SMILES string of the molecule is C=C(C)CCC1CO1. The van der Waals surface area contributed by atoms with Crippen molar-refractivity contribution in [3.05, 3.63) is 12.2 Å². The van der Waals surface area contributed by atoms with Crippen molar-refractivity contribution in [3.8, 4) is 0 Å². The summed E-state index contributed by atoms with van der Waals surface area (Å²) in [6.07, 6.45) is 2.88. The number of rotatable bonds is 3. The molecule has 1 saturated heterocycles. The molecule has 0 aromatic rings. The van der Waals surface area contributed by atoms with Crippen molar-refractivity contribution in [1.82, 2.24) is 0 Å². The summed E-state index contributed by atoms with van der Waals surface area (Å²) in [5, 5.41) is 0. The molecule has 0 radical (unpaired) electrons. The summed E-state index contributed by atoms with van der Waals surface area (Å²) in [5.41, 5.74) is 1.26.